The fourth-order valence-electron chi connectivity index (χ4n) is 3.91. The number of allylic oxidation sites excluding steroid dienone is 2. The second kappa shape index (κ2) is 6.95. The van der Waals surface area contributed by atoms with E-state index in [1.54, 1.807) is 23.1 Å². The number of rotatable bonds is 4. The van der Waals surface area contributed by atoms with Gasteiger partial charge in [0, 0.05) is 33.9 Å². The van der Waals surface area contributed by atoms with Crippen LogP contribution in [0.2, 0.25) is 0 Å². The number of thioether (sulfide) groups is 1. The standard InChI is InChI=1S/C20H24N4OS2/c1-4-7-27-19-23-17(21)16-15(13-6-5-8-26-13)14-11(22-18(16)24-19)9-20(2,3)10-12(14)25/h5-6,8,15H,4,7,9-10H2,1-3H3,(H3,21,22,23,24). The van der Waals surface area contributed by atoms with E-state index in [1.807, 2.05) is 11.4 Å². The highest BCUT2D eigenvalue weighted by Crippen LogP contribution is 2.50. The van der Waals surface area contributed by atoms with Crippen molar-refractivity contribution in [2.45, 2.75) is 51.1 Å². The van der Waals surface area contributed by atoms with Gasteiger partial charge in [-0.25, -0.2) is 9.97 Å². The van der Waals surface area contributed by atoms with E-state index in [4.69, 9.17) is 10.7 Å². The van der Waals surface area contributed by atoms with E-state index < -0.39 is 0 Å². The molecule has 5 nitrogen and oxygen atoms in total. The minimum Gasteiger partial charge on any atom is -0.383 e. The number of carbonyl (C=O) groups is 1. The van der Waals surface area contributed by atoms with Crippen molar-refractivity contribution in [3.63, 3.8) is 0 Å². The summed E-state index contributed by atoms with van der Waals surface area (Å²) in [7, 11) is 0. The summed E-state index contributed by atoms with van der Waals surface area (Å²) in [5, 5.41) is 6.18. The van der Waals surface area contributed by atoms with Crippen LogP contribution in [0.25, 0.3) is 0 Å². The number of carbonyl (C=O) groups excluding carboxylic acids is 1. The van der Waals surface area contributed by atoms with Crippen molar-refractivity contribution in [1.29, 1.82) is 0 Å². The average molecular weight is 401 g/mol. The molecule has 2 aliphatic rings. The van der Waals surface area contributed by atoms with Crippen LogP contribution < -0.4 is 11.1 Å². The van der Waals surface area contributed by atoms with E-state index in [0.717, 1.165) is 46.1 Å². The third kappa shape index (κ3) is 3.38. The highest BCUT2D eigenvalue weighted by Gasteiger charge is 2.42. The van der Waals surface area contributed by atoms with Crippen LogP contribution in [-0.2, 0) is 4.79 Å². The Bertz CT molecular complexity index is 918. The van der Waals surface area contributed by atoms with Gasteiger partial charge in [0.15, 0.2) is 10.9 Å². The number of nitrogens with zero attached hydrogens (tertiary/aromatic N) is 2. The molecule has 27 heavy (non-hydrogen) atoms. The molecule has 0 aromatic carbocycles. The molecule has 1 aliphatic carbocycles. The Morgan fingerprint density at radius 2 is 2.19 bits per heavy atom. The minimum atomic E-state index is -0.176. The fourth-order valence-corrected chi connectivity index (χ4v) is 5.46. The first-order valence-electron chi connectivity index (χ1n) is 9.26. The number of nitrogen functional groups attached to an aromatic ring is 1. The van der Waals surface area contributed by atoms with Crippen LogP contribution in [0.5, 0.6) is 0 Å². The topological polar surface area (TPSA) is 80.9 Å². The van der Waals surface area contributed by atoms with Crippen LogP contribution in [-0.4, -0.2) is 21.5 Å². The van der Waals surface area contributed by atoms with Crippen molar-refractivity contribution >= 4 is 40.5 Å². The summed E-state index contributed by atoms with van der Waals surface area (Å²) >= 11 is 3.26. The molecular weight excluding hydrogens is 376 g/mol. The maximum atomic E-state index is 13.1. The van der Waals surface area contributed by atoms with E-state index in [2.05, 4.69) is 37.1 Å². The Morgan fingerprint density at radius 1 is 1.37 bits per heavy atom. The van der Waals surface area contributed by atoms with Crippen molar-refractivity contribution in [1.82, 2.24) is 9.97 Å². The van der Waals surface area contributed by atoms with Crippen LogP contribution in [0.1, 0.15) is 56.4 Å². The van der Waals surface area contributed by atoms with Crippen LogP contribution in [0.4, 0.5) is 11.6 Å². The van der Waals surface area contributed by atoms with E-state index in [0.29, 0.717) is 17.4 Å². The van der Waals surface area contributed by atoms with Gasteiger partial charge < -0.3 is 11.1 Å². The normalized spacial score (nSPS) is 20.9. The maximum Gasteiger partial charge on any atom is 0.191 e. The molecule has 2 aromatic rings. The van der Waals surface area contributed by atoms with Crippen molar-refractivity contribution in [2.24, 2.45) is 5.41 Å². The lowest BCUT2D eigenvalue weighted by Crippen LogP contribution is -2.34. The average Bonchev–Trinajstić information content (AvgIpc) is 3.11. The van der Waals surface area contributed by atoms with Gasteiger partial charge in [-0.3, -0.25) is 4.79 Å². The third-order valence-corrected chi connectivity index (χ3v) is 6.97. The van der Waals surface area contributed by atoms with Gasteiger partial charge in [0.25, 0.3) is 0 Å². The molecule has 0 saturated heterocycles. The van der Waals surface area contributed by atoms with Crippen molar-refractivity contribution in [2.75, 3.05) is 16.8 Å². The third-order valence-electron chi connectivity index (χ3n) is 4.98. The van der Waals surface area contributed by atoms with Gasteiger partial charge >= 0.3 is 0 Å². The zero-order valence-electron chi connectivity index (χ0n) is 15.8. The van der Waals surface area contributed by atoms with Crippen molar-refractivity contribution < 1.29 is 4.79 Å². The molecule has 0 spiro atoms. The molecule has 7 heteroatoms. The molecule has 2 aromatic heterocycles. The monoisotopic (exact) mass is 400 g/mol. The number of hydrogen-bond acceptors (Lipinski definition) is 7. The van der Waals surface area contributed by atoms with E-state index in [9.17, 15) is 4.79 Å². The molecule has 0 radical (unpaired) electrons. The lowest BCUT2D eigenvalue weighted by molar-refractivity contribution is -0.118. The lowest BCUT2D eigenvalue weighted by atomic mass is 9.70. The first kappa shape index (κ1) is 18.5. The summed E-state index contributed by atoms with van der Waals surface area (Å²) in [5.41, 5.74) is 9.01. The largest absolute Gasteiger partial charge is 0.383 e. The Morgan fingerprint density at radius 3 is 2.89 bits per heavy atom. The van der Waals surface area contributed by atoms with Gasteiger partial charge in [0.2, 0.25) is 0 Å². The molecule has 0 fully saturated rings. The molecule has 0 saturated carbocycles. The molecule has 1 atom stereocenters. The molecule has 4 rings (SSSR count). The molecule has 1 unspecified atom stereocenters. The summed E-state index contributed by atoms with van der Waals surface area (Å²) in [6.07, 6.45) is 2.43. The number of hydrogen-bond donors (Lipinski definition) is 2. The van der Waals surface area contributed by atoms with Crippen LogP contribution in [0, 0.1) is 5.41 Å². The zero-order chi connectivity index (χ0) is 19.2. The highest BCUT2D eigenvalue weighted by molar-refractivity contribution is 7.99. The molecule has 3 N–H and O–H groups in total. The summed E-state index contributed by atoms with van der Waals surface area (Å²) in [6, 6.07) is 4.09. The smallest absolute Gasteiger partial charge is 0.191 e. The molecule has 3 heterocycles. The van der Waals surface area contributed by atoms with E-state index >= 15 is 0 Å². The number of thiophene rings is 1. The van der Waals surface area contributed by atoms with E-state index in [1.165, 1.54) is 0 Å². The molecule has 142 valence electrons. The summed E-state index contributed by atoms with van der Waals surface area (Å²) in [6.45, 7) is 6.42. The predicted molar refractivity (Wildman–Crippen MR) is 112 cm³/mol. The van der Waals surface area contributed by atoms with Crippen molar-refractivity contribution in [3.05, 3.63) is 39.2 Å². The van der Waals surface area contributed by atoms with Crippen LogP contribution in [0.15, 0.2) is 33.9 Å². The minimum absolute atomic E-state index is 0.0568. The number of nitrogens with two attached hydrogens (primary N) is 1. The summed E-state index contributed by atoms with van der Waals surface area (Å²) < 4.78 is 0. The Balaban J connectivity index is 1.87. The second-order valence-electron chi connectivity index (χ2n) is 7.91. The van der Waals surface area contributed by atoms with Gasteiger partial charge in [-0.2, -0.15) is 0 Å². The van der Waals surface area contributed by atoms with Gasteiger partial charge in [0.1, 0.15) is 11.6 Å². The SMILES string of the molecule is CCCSc1nc(N)c2c(n1)NC1=C(C(=O)CC(C)(C)C1)C2c1cccs1. The number of nitrogens with one attached hydrogen (secondary N) is 1. The molecule has 0 amide bonds. The predicted octanol–water partition coefficient (Wildman–Crippen LogP) is 4.82. The zero-order valence-corrected chi connectivity index (χ0v) is 17.5. The summed E-state index contributed by atoms with van der Waals surface area (Å²) in [5.74, 6) is 2.19. The number of ketones is 1. The van der Waals surface area contributed by atoms with Gasteiger partial charge in [-0.05, 0) is 29.7 Å². The fraction of sp³-hybridized carbons (Fsp3) is 0.450. The number of fused-ring (bicyclic) bond motifs is 1. The van der Waals surface area contributed by atoms with Gasteiger partial charge in [-0.1, -0.05) is 38.6 Å². The first-order valence-corrected chi connectivity index (χ1v) is 11.1. The Kier molecular flexibility index (Phi) is 4.76. The second-order valence-corrected chi connectivity index (χ2v) is 9.95. The Hall–Kier alpha value is -1.86. The maximum absolute atomic E-state index is 13.1. The van der Waals surface area contributed by atoms with Crippen molar-refractivity contribution in [3.8, 4) is 0 Å². The number of aromatic nitrogens is 2. The van der Waals surface area contributed by atoms with E-state index in [-0.39, 0.29) is 17.1 Å². The van der Waals surface area contributed by atoms with Gasteiger partial charge in [-0.15, -0.1) is 11.3 Å². The van der Waals surface area contributed by atoms with Crippen LogP contribution in [0.3, 0.4) is 0 Å². The first-order chi connectivity index (χ1) is 12.9. The number of anilines is 2. The molecular formula is C20H24N4OS2. The van der Waals surface area contributed by atoms with Gasteiger partial charge in [0.05, 0.1) is 5.92 Å². The summed E-state index contributed by atoms with van der Waals surface area (Å²) in [4.78, 5) is 23.5. The Labute approximate surface area is 167 Å². The highest BCUT2D eigenvalue weighted by atomic mass is 32.2. The quantitative estimate of drug-likeness (QED) is 0.565. The lowest BCUT2D eigenvalue weighted by Gasteiger charge is -2.38. The molecule has 1 aliphatic heterocycles. The number of Topliss-reactive ketones (excluding diaryl/α,β-unsaturated/α-hetero) is 1. The molecule has 0 bridgehead atoms. The van der Waals surface area contributed by atoms with Crippen LogP contribution >= 0.6 is 23.1 Å².